The molecule has 1 heterocycles. The second-order valence-electron chi connectivity index (χ2n) is 10.6. The van der Waals surface area contributed by atoms with Crippen LogP contribution < -0.4 is 0 Å². The summed E-state index contributed by atoms with van der Waals surface area (Å²) in [5, 5.41) is 0. The number of halogens is 3. The molecule has 0 N–H and O–H groups in total. The Morgan fingerprint density at radius 1 is 1.00 bits per heavy atom. The third kappa shape index (κ3) is 7.97. The fourth-order valence-corrected chi connectivity index (χ4v) is 9.96. The highest BCUT2D eigenvalue weighted by Gasteiger charge is 2.30. The molecule has 4 heteroatoms. The van der Waals surface area contributed by atoms with Crippen molar-refractivity contribution >= 4 is 26.2 Å². The van der Waals surface area contributed by atoms with Crippen LogP contribution in [-0.2, 0) is 6.42 Å². The smallest absolute Gasteiger partial charge is 0.144 e. The van der Waals surface area contributed by atoms with Crippen LogP contribution in [0.5, 0.6) is 0 Å². The first-order valence-corrected chi connectivity index (χ1v) is 16.2. The van der Waals surface area contributed by atoms with E-state index in [9.17, 15) is 8.78 Å². The van der Waals surface area contributed by atoms with Gasteiger partial charge in [-0.15, -0.1) is 0 Å². The summed E-state index contributed by atoms with van der Waals surface area (Å²) in [6, 6.07) is 9.66. The molecular formula is C28H43ClF2Si. The number of benzene rings is 1. The molecule has 0 radical (unpaired) electrons. The molecule has 0 atom stereocenters. The predicted octanol–water partition coefficient (Wildman–Crippen LogP) is 9.68. The Balaban J connectivity index is 1.29. The third-order valence-electron chi connectivity index (χ3n) is 8.38. The number of unbranched alkanes of at least 4 members (excludes halogenated alkanes) is 3. The molecule has 1 saturated carbocycles. The van der Waals surface area contributed by atoms with E-state index < -0.39 is 11.6 Å². The van der Waals surface area contributed by atoms with Crippen LogP contribution in [0.15, 0.2) is 23.7 Å². The molecule has 0 unspecified atom stereocenters. The summed E-state index contributed by atoms with van der Waals surface area (Å²) in [5.41, 5.74) is 1.69. The maximum atomic E-state index is 14.0. The van der Waals surface area contributed by atoms with Crippen molar-refractivity contribution in [2.24, 2.45) is 17.8 Å². The average Bonchev–Trinajstić information content (AvgIpc) is 2.82. The highest BCUT2D eigenvalue weighted by molar-refractivity contribution is 6.58. The van der Waals surface area contributed by atoms with Crippen LogP contribution in [-0.4, -0.2) is 8.80 Å². The average molecular weight is 481 g/mol. The normalized spacial score (nSPS) is 26.9. The minimum absolute atomic E-state index is 0.0483. The summed E-state index contributed by atoms with van der Waals surface area (Å²) in [4.78, 5) is 0. The minimum Gasteiger partial charge on any atom is -0.206 e. The standard InChI is InChI=1S/C28H43ClF2Si/c1-2-3-6-17-32-18-15-25(16-19-32)24-12-9-22(10-13-24)7-4-5-8-23-11-14-26(27(30)20-23)28(31)21-29/h11,14,20-22,24-25,32H,2-10,12-13,15-19H2,1H3/b28-21-/t22-,24-,25?,32?. The third-order valence-corrected chi connectivity index (χ3v) is 12.1. The largest absolute Gasteiger partial charge is 0.206 e. The predicted molar refractivity (Wildman–Crippen MR) is 138 cm³/mol. The summed E-state index contributed by atoms with van der Waals surface area (Å²) < 4.78 is 27.5. The summed E-state index contributed by atoms with van der Waals surface area (Å²) in [6.45, 7) is 2.32. The summed E-state index contributed by atoms with van der Waals surface area (Å²) in [5.74, 6) is 1.72. The molecule has 1 saturated heterocycles. The quantitative estimate of drug-likeness (QED) is 0.218. The van der Waals surface area contributed by atoms with Crippen molar-refractivity contribution in [3.05, 3.63) is 40.7 Å². The number of hydrogen-bond acceptors (Lipinski definition) is 0. The second-order valence-corrected chi connectivity index (χ2v) is 14.3. The Bertz CT molecular complexity index is 703. The molecule has 2 aliphatic rings. The molecule has 0 aromatic heterocycles. The van der Waals surface area contributed by atoms with Gasteiger partial charge in [0.25, 0.3) is 0 Å². The molecule has 0 bridgehead atoms. The molecule has 1 aliphatic carbocycles. The Kier molecular flexibility index (Phi) is 11.3. The van der Waals surface area contributed by atoms with E-state index in [4.69, 9.17) is 11.6 Å². The van der Waals surface area contributed by atoms with Crippen molar-refractivity contribution in [3.63, 3.8) is 0 Å². The van der Waals surface area contributed by atoms with Crippen LogP contribution in [0, 0.1) is 23.6 Å². The van der Waals surface area contributed by atoms with Gasteiger partial charge >= 0.3 is 0 Å². The van der Waals surface area contributed by atoms with Gasteiger partial charge in [0.1, 0.15) is 11.6 Å². The van der Waals surface area contributed by atoms with Crippen molar-refractivity contribution < 1.29 is 8.78 Å². The van der Waals surface area contributed by atoms with Crippen molar-refractivity contribution in [3.8, 4) is 0 Å². The van der Waals surface area contributed by atoms with E-state index in [1.54, 1.807) is 31.0 Å². The highest BCUT2D eigenvalue weighted by Crippen LogP contribution is 2.42. The van der Waals surface area contributed by atoms with Gasteiger partial charge in [-0.2, -0.15) is 0 Å². The van der Waals surface area contributed by atoms with E-state index >= 15 is 0 Å². The van der Waals surface area contributed by atoms with Gasteiger partial charge in [-0.05, 0) is 61.1 Å². The van der Waals surface area contributed by atoms with Crippen molar-refractivity contribution in [2.75, 3.05) is 0 Å². The van der Waals surface area contributed by atoms with Gasteiger partial charge in [-0.25, -0.2) is 8.78 Å². The zero-order valence-corrected chi connectivity index (χ0v) is 22.0. The van der Waals surface area contributed by atoms with E-state index in [0.29, 0.717) is 0 Å². The highest BCUT2D eigenvalue weighted by atomic mass is 35.5. The summed E-state index contributed by atoms with van der Waals surface area (Å²) in [6.07, 6.45) is 17.7. The number of hydrogen-bond donors (Lipinski definition) is 0. The van der Waals surface area contributed by atoms with Crippen LogP contribution in [0.4, 0.5) is 8.78 Å². The first kappa shape index (κ1) is 25.9. The minimum atomic E-state index is -0.714. The molecule has 3 rings (SSSR count). The molecule has 1 aromatic carbocycles. The fraction of sp³-hybridized carbons (Fsp3) is 0.714. The number of aryl methyl sites for hydroxylation is 1. The van der Waals surface area contributed by atoms with Crippen molar-refractivity contribution in [1.82, 2.24) is 0 Å². The van der Waals surface area contributed by atoms with Crippen LogP contribution in [0.2, 0.25) is 18.1 Å². The van der Waals surface area contributed by atoms with Gasteiger partial charge in [0.05, 0.1) is 0 Å². The summed E-state index contributed by atoms with van der Waals surface area (Å²) >= 11 is 5.35. The first-order valence-electron chi connectivity index (χ1n) is 13.3. The van der Waals surface area contributed by atoms with E-state index in [0.717, 1.165) is 41.7 Å². The van der Waals surface area contributed by atoms with Gasteiger partial charge in [-0.1, -0.05) is 101 Å². The van der Waals surface area contributed by atoms with E-state index in [-0.39, 0.29) is 14.4 Å². The molecular weight excluding hydrogens is 438 g/mol. The van der Waals surface area contributed by atoms with Gasteiger partial charge in [0.15, 0.2) is 0 Å². The zero-order valence-electron chi connectivity index (χ0n) is 20.1. The molecule has 180 valence electrons. The molecule has 1 aliphatic heterocycles. The van der Waals surface area contributed by atoms with Crippen molar-refractivity contribution in [2.45, 2.75) is 109 Å². The molecule has 2 fully saturated rings. The van der Waals surface area contributed by atoms with Gasteiger partial charge in [0.2, 0.25) is 0 Å². The lowest BCUT2D eigenvalue weighted by Crippen LogP contribution is -2.28. The Morgan fingerprint density at radius 2 is 1.72 bits per heavy atom. The Morgan fingerprint density at radius 3 is 2.38 bits per heavy atom. The molecule has 1 aromatic rings. The van der Waals surface area contributed by atoms with E-state index in [1.807, 2.05) is 6.07 Å². The number of rotatable bonds is 11. The Hall–Kier alpha value is -0.673. The topological polar surface area (TPSA) is 0 Å². The second kappa shape index (κ2) is 13.9. The SMILES string of the molecule is CCCCC[SiH]1CCC([C@H]2CC[C@H](CCCCc3ccc(/C(F)=C/Cl)c(F)c3)CC2)CC1. The summed E-state index contributed by atoms with van der Waals surface area (Å²) in [7, 11) is -0.372. The first-order chi connectivity index (χ1) is 15.6. The van der Waals surface area contributed by atoms with Crippen LogP contribution >= 0.6 is 11.6 Å². The Labute approximate surface area is 201 Å². The van der Waals surface area contributed by atoms with Crippen LogP contribution in [0.3, 0.4) is 0 Å². The van der Waals surface area contributed by atoms with Crippen LogP contribution in [0.25, 0.3) is 5.83 Å². The molecule has 0 amide bonds. The van der Waals surface area contributed by atoms with Gasteiger partial charge in [-0.3, -0.25) is 0 Å². The maximum absolute atomic E-state index is 14.0. The fourth-order valence-electron chi connectivity index (χ4n) is 6.31. The van der Waals surface area contributed by atoms with Gasteiger partial charge in [0, 0.05) is 19.9 Å². The lowest BCUT2D eigenvalue weighted by Gasteiger charge is -2.37. The van der Waals surface area contributed by atoms with E-state index in [2.05, 4.69) is 6.92 Å². The van der Waals surface area contributed by atoms with Crippen molar-refractivity contribution in [1.29, 1.82) is 0 Å². The molecule has 0 nitrogen and oxygen atoms in total. The van der Waals surface area contributed by atoms with Crippen LogP contribution in [0.1, 0.15) is 95.1 Å². The monoisotopic (exact) mass is 480 g/mol. The maximum Gasteiger partial charge on any atom is 0.144 e. The lowest BCUT2D eigenvalue weighted by molar-refractivity contribution is 0.184. The van der Waals surface area contributed by atoms with Gasteiger partial charge < -0.3 is 0 Å². The molecule has 32 heavy (non-hydrogen) atoms. The van der Waals surface area contributed by atoms with E-state index in [1.165, 1.54) is 69.9 Å². The zero-order chi connectivity index (χ0) is 22.8. The lowest BCUT2D eigenvalue weighted by atomic mass is 9.73. The molecule has 0 spiro atoms.